The predicted octanol–water partition coefficient (Wildman–Crippen LogP) is 2.70. The SMILES string of the molecule is CCNC(=NCc1cccc2cccnc12)NCC1(CCO)CCOC1.I. The maximum atomic E-state index is 9.38. The van der Waals surface area contributed by atoms with Crippen molar-refractivity contribution >= 4 is 40.8 Å². The van der Waals surface area contributed by atoms with Gasteiger partial charge < -0.3 is 20.5 Å². The molecule has 3 rings (SSSR count). The highest BCUT2D eigenvalue weighted by atomic mass is 127. The van der Waals surface area contributed by atoms with Crippen molar-refractivity contribution in [2.24, 2.45) is 10.4 Å². The van der Waals surface area contributed by atoms with Crippen LogP contribution in [0.3, 0.4) is 0 Å². The maximum absolute atomic E-state index is 9.38. The van der Waals surface area contributed by atoms with E-state index in [2.05, 4.69) is 40.7 Å². The van der Waals surface area contributed by atoms with Gasteiger partial charge in [-0.2, -0.15) is 0 Å². The summed E-state index contributed by atoms with van der Waals surface area (Å²) < 4.78 is 5.56. The summed E-state index contributed by atoms with van der Waals surface area (Å²) in [5.41, 5.74) is 2.09. The molecule has 0 amide bonds. The second-order valence-corrected chi connectivity index (χ2v) is 6.82. The van der Waals surface area contributed by atoms with E-state index in [4.69, 9.17) is 9.73 Å². The molecule has 1 aromatic carbocycles. The molecule has 1 fully saturated rings. The Hall–Kier alpha value is -1.45. The van der Waals surface area contributed by atoms with Gasteiger partial charge >= 0.3 is 0 Å². The van der Waals surface area contributed by atoms with Crippen molar-refractivity contribution < 1.29 is 9.84 Å². The molecule has 1 unspecified atom stereocenters. The molecule has 0 radical (unpaired) electrons. The number of para-hydroxylation sites is 1. The van der Waals surface area contributed by atoms with E-state index in [1.54, 1.807) is 0 Å². The first-order valence-corrected chi connectivity index (χ1v) is 9.30. The number of aliphatic hydroxyl groups is 1. The quantitative estimate of drug-likeness (QED) is 0.320. The van der Waals surface area contributed by atoms with E-state index < -0.39 is 0 Å². The smallest absolute Gasteiger partial charge is 0.191 e. The Bertz CT molecular complexity index is 742. The Morgan fingerprint density at radius 1 is 1.30 bits per heavy atom. The number of halogens is 1. The Labute approximate surface area is 177 Å². The van der Waals surface area contributed by atoms with Crippen molar-refractivity contribution in [3.63, 3.8) is 0 Å². The number of hydrogen-bond acceptors (Lipinski definition) is 4. The topological polar surface area (TPSA) is 78.8 Å². The van der Waals surface area contributed by atoms with Crippen LogP contribution in [0.4, 0.5) is 0 Å². The van der Waals surface area contributed by atoms with Crippen LogP contribution in [-0.4, -0.2) is 49.0 Å². The van der Waals surface area contributed by atoms with Crippen molar-refractivity contribution in [1.82, 2.24) is 15.6 Å². The number of aliphatic hydroxyl groups excluding tert-OH is 1. The highest BCUT2D eigenvalue weighted by molar-refractivity contribution is 14.0. The zero-order valence-electron chi connectivity index (χ0n) is 15.8. The van der Waals surface area contributed by atoms with Gasteiger partial charge in [-0.05, 0) is 31.4 Å². The van der Waals surface area contributed by atoms with Gasteiger partial charge in [-0.3, -0.25) is 4.98 Å². The van der Waals surface area contributed by atoms with E-state index >= 15 is 0 Å². The van der Waals surface area contributed by atoms with Crippen molar-refractivity contribution in [2.45, 2.75) is 26.3 Å². The predicted molar refractivity (Wildman–Crippen MR) is 120 cm³/mol. The third kappa shape index (κ3) is 5.76. The third-order valence-electron chi connectivity index (χ3n) is 4.93. The third-order valence-corrected chi connectivity index (χ3v) is 4.93. The molecule has 1 saturated heterocycles. The van der Waals surface area contributed by atoms with Gasteiger partial charge in [0.05, 0.1) is 18.7 Å². The van der Waals surface area contributed by atoms with Crippen LogP contribution >= 0.6 is 24.0 Å². The monoisotopic (exact) mass is 484 g/mol. The summed E-state index contributed by atoms with van der Waals surface area (Å²) in [6.45, 7) is 5.78. The number of rotatable bonds is 7. The second-order valence-electron chi connectivity index (χ2n) is 6.82. The number of nitrogens with one attached hydrogen (secondary N) is 2. The van der Waals surface area contributed by atoms with Gasteiger partial charge in [-0.15, -0.1) is 24.0 Å². The van der Waals surface area contributed by atoms with Crippen molar-refractivity contribution in [3.05, 3.63) is 42.1 Å². The number of aromatic nitrogens is 1. The first kappa shape index (κ1) is 21.8. The lowest BCUT2D eigenvalue weighted by Gasteiger charge is -2.27. The standard InChI is InChI=1S/C20H28N4O2.HI/c1-2-21-19(24-14-20(8-11-25)9-12-26-15-20)23-13-17-6-3-5-16-7-4-10-22-18(16)17;/h3-7,10,25H,2,8-9,11-15H2,1H3,(H2,21,23,24);1H. The zero-order chi connectivity index (χ0) is 18.2. The molecule has 1 aromatic heterocycles. The summed E-state index contributed by atoms with van der Waals surface area (Å²) in [7, 11) is 0. The summed E-state index contributed by atoms with van der Waals surface area (Å²) in [5.74, 6) is 0.782. The minimum atomic E-state index is -0.00800. The van der Waals surface area contributed by atoms with Gasteiger partial charge in [0.15, 0.2) is 5.96 Å². The maximum Gasteiger partial charge on any atom is 0.191 e. The molecule has 0 saturated carbocycles. The molecule has 148 valence electrons. The Balaban J connectivity index is 0.00000261. The minimum absolute atomic E-state index is 0. The second kappa shape index (κ2) is 10.8. The summed E-state index contributed by atoms with van der Waals surface area (Å²) in [6, 6.07) is 10.2. The van der Waals surface area contributed by atoms with Crippen LogP contribution in [0, 0.1) is 5.41 Å². The fourth-order valence-corrected chi connectivity index (χ4v) is 3.38. The van der Waals surface area contributed by atoms with Gasteiger partial charge in [0.2, 0.25) is 0 Å². The first-order valence-electron chi connectivity index (χ1n) is 9.30. The minimum Gasteiger partial charge on any atom is -0.396 e. The molecule has 0 spiro atoms. The lowest BCUT2D eigenvalue weighted by molar-refractivity contribution is 0.127. The first-order chi connectivity index (χ1) is 12.8. The van der Waals surface area contributed by atoms with Crippen LogP contribution in [-0.2, 0) is 11.3 Å². The molecule has 0 bridgehead atoms. The average molecular weight is 484 g/mol. The van der Waals surface area contributed by atoms with Crippen LogP contribution in [0.1, 0.15) is 25.3 Å². The van der Waals surface area contributed by atoms with Gasteiger partial charge in [-0.1, -0.05) is 24.3 Å². The average Bonchev–Trinajstić information content (AvgIpc) is 3.13. The van der Waals surface area contributed by atoms with E-state index in [-0.39, 0.29) is 36.0 Å². The number of ether oxygens (including phenoxy) is 1. The fraction of sp³-hybridized carbons (Fsp3) is 0.500. The molecule has 0 aliphatic carbocycles. The fourth-order valence-electron chi connectivity index (χ4n) is 3.38. The molecule has 3 N–H and O–H groups in total. The molecule has 2 heterocycles. The van der Waals surface area contributed by atoms with Gasteiger partial charge in [0.1, 0.15) is 0 Å². The normalized spacial score (nSPS) is 19.7. The van der Waals surface area contributed by atoms with E-state index in [1.807, 2.05) is 18.3 Å². The number of benzene rings is 1. The highest BCUT2D eigenvalue weighted by Crippen LogP contribution is 2.31. The van der Waals surface area contributed by atoms with Crippen LogP contribution < -0.4 is 10.6 Å². The van der Waals surface area contributed by atoms with Crippen molar-refractivity contribution in [1.29, 1.82) is 0 Å². The number of fused-ring (bicyclic) bond motifs is 1. The molecule has 27 heavy (non-hydrogen) atoms. The number of guanidine groups is 1. The van der Waals surface area contributed by atoms with Crippen molar-refractivity contribution in [3.8, 4) is 0 Å². The van der Waals surface area contributed by atoms with E-state index in [0.717, 1.165) is 55.0 Å². The largest absolute Gasteiger partial charge is 0.396 e. The molecular weight excluding hydrogens is 455 g/mol. The Morgan fingerprint density at radius 2 is 2.15 bits per heavy atom. The molecule has 1 aliphatic heterocycles. The zero-order valence-corrected chi connectivity index (χ0v) is 18.1. The van der Waals surface area contributed by atoms with Crippen LogP contribution in [0.15, 0.2) is 41.5 Å². The van der Waals surface area contributed by atoms with E-state index in [9.17, 15) is 5.11 Å². The van der Waals surface area contributed by atoms with Crippen LogP contribution in [0.5, 0.6) is 0 Å². The number of aliphatic imine (C=N–C) groups is 1. The Morgan fingerprint density at radius 3 is 2.89 bits per heavy atom. The van der Waals surface area contributed by atoms with Gasteiger partial charge in [0, 0.05) is 43.3 Å². The van der Waals surface area contributed by atoms with E-state index in [0.29, 0.717) is 13.2 Å². The van der Waals surface area contributed by atoms with Crippen molar-refractivity contribution in [2.75, 3.05) is 32.9 Å². The molecule has 1 aliphatic rings. The summed E-state index contributed by atoms with van der Waals surface area (Å²) >= 11 is 0. The number of hydrogen-bond donors (Lipinski definition) is 3. The number of pyridine rings is 1. The Kier molecular flexibility index (Phi) is 8.72. The lowest BCUT2D eigenvalue weighted by Crippen LogP contribution is -2.44. The summed E-state index contributed by atoms with van der Waals surface area (Å²) in [5, 5.41) is 17.2. The van der Waals surface area contributed by atoms with Gasteiger partial charge in [-0.25, -0.2) is 4.99 Å². The highest BCUT2D eigenvalue weighted by Gasteiger charge is 2.34. The van der Waals surface area contributed by atoms with Gasteiger partial charge in [0.25, 0.3) is 0 Å². The molecule has 2 aromatic rings. The molecule has 6 nitrogen and oxygen atoms in total. The number of nitrogens with zero attached hydrogens (tertiary/aromatic N) is 2. The lowest BCUT2D eigenvalue weighted by atomic mass is 9.84. The summed E-state index contributed by atoms with van der Waals surface area (Å²) in [6.07, 6.45) is 3.53. The molecule has 7 heteroatoms. The summed E-state index contributed by atoms with van der Waals surface area (Å²) in [4.78, 5) is 9.23. The molecule has 1 atom stereocenters. The van der Waals surface area contributed by atoms with Crippen LogP contribution in [0.2, 0.25) is 0 Å². The molecular formula is C20H29IN4O2. The van der Waals surface area contributed by atoms with E-state index in [1.165, 1.54) is 0 Å². The van der Waals surface area contributed by atoms with Crippen LogP contribution in [0.25, 0.3) is 10.9 Å².